The van der Waals surface area contributed by atoms with Crippen molar-refractivity contribution in [2.24, 2.45) is 5.10 Å². The van der Waals surface area contributed by atoms with Crippen LogP contribution in [0.3, 0.4) is 0 Å². The second-order valence-electron chi connectivity index (χ2n) is 5.01. The van der Waals surface area contributed by atoms with E-state index in [1.165, 1.54) is 6.21 Å². The van der Waals surface area contributed by atoms with E-state index in [4.69, 9.17) is 27.6 Å². The topological polar surface area (TPSA) is 54.6 Å². The Morgan fingerprint density at radius 3 is 2.72 bits per heavy atom. The van der Waals surface area contributed by atoms with Crippen molar-refractivity contribution in [1.29, 1.82) is 0 Å². The van der Waals surface area contributed by atoms with Gasteiger partial charge in [0.1, 0.15) is 11.5 Å². The van der Waals surface area contributed by atoms with E-state index in [9.17, 15) is 4.79 Å². The van der Waals surface area contributed by atoms with Crippen molar-refractivity contribution in [3.63, 3.8) is 0 Å². The maximum Gasteiger partial charge on any atom is 0.271 e. The molecule has 0 radical (unpaired) electrons. The van der Waals surface area contributed by atoms with Crippen molar-refractivity contribution in [1.82, 2.24) is 5.43 Å². The Bertz CT molecular complexity index is 954. The molecule has 7 heteroatoms. The Hall–Kier alpha value is -2.08. The number of benzene rings is 2. The summed E-state index contributed by atoms with van der Waals surface area (Å²) in [6.45, 7) is 0. The minimum atomic E-state index is -0.317. The van der Waals surface area contributed by atoms with E-state index in [1.54, 1.807) is 42.5 Å². The Labute approximate surface area is 162 Å². The molecule has 0 aliphatic heterocycles. The zero-order valence-corrected chi connectivity index (χ0v) is 15.8. The SMILES string of the molecule is O=C(NN=Cc1ccc(-c2cccc(Cl)c2Cl)o1)c1cccc(Br)c1. The molecule has 1 aromatic heterocycles. The average molecular weight is 438 g/mol. The lowest BCUT2D eigenvalue weighted by Crippen LogP contribution is -2.17. The van der Waals surface area contributed by atoms with Crippen molar-refractivity contribution in [2.45, 2.75) is 0 Å². The number of halogens is 3. The summed E-state index contributed by atoms with van der Waals surface area (Å²) in [6.07, 6.45) is 1.41. The number of nitrogens with one attached hydrogen (secondary N) is 1. The second-order valence-corrected chi connectivity index (χ2v) is 6.71. The van der Waals surface area contributed by atoms with Crippen LogP contribution in [0.4, 0.5) is 0 Å². The van der Waals surface area contributed by atoms with Crippen molar-refractivity contribution in [3.05, 3.63) is 80.4 Å². The Balaban J connectivity index is 1.70. The molecule has 0 saturated carbocycles. The molecule has 0 saturated heterocycles. The minimum Gasteiger partial charge on any atom is -0.455 e. The normalized spacial score (nSPS) is 11.0. The predicted octanol–water partition coefficient (Wildman–Crippen LogP) is 5.78. The number of nitrogens with zero attached hydrogens (tertiary/aromatic N) is 1. The first-order valence-corrected chi connectivity index (χ1v) is 8.72. The summed E-state index contributed by atoms with van der Waals surface area (Å²) in [7, 11) is 0. The van der Waals surface area contributed by atoms with Gasteiger partial charge < -0.3 is 4.42 Å². The zero-order valence-electron chi connectivity index (χ0n) is 12.7. The molecule has 2 aromatic carbocycles. The molecule has 0 aliphatic rings. The van der Waals surface area contributed by atoms with Crippen LogP contribution in [0.25, 0.3) is 11.3 Å². The van der Waals surface area contributed by atoms with Crippen molar-refractivity contribution in [3.8, 4) is 11.3 Å². The van der Waals surface area contributed by atoms with E-state index >= 15 is 0 Å². The van der Waals surface area contributed by atoms with Crippen LogP contribution in [0, 0.1) is 0 Å². The Morgan fingerprint density at radius 2 is 1.92 bits per heavy atom. The van der Waals surface area contributed by atoms with Crippen molar-refractivity contribution in [2.75, 3.05) is 0 Å². The number of carbonyl (C=O) groups is 1. The van der Waals surface area contributed by atoms with E-state index in [-0.39, 0.29) is 5.91 Å². The Kier molecular flexibility index (Phi) is 5.58. The molecule has 1 heterocycles. The molecule has 0 aliphatic carbocycles. The van der Waals surface area contributed by atoms with E-state index in [1.807, 2.05) is 12.1 Å². The number of rotatable bonds is 4. The van der Waals surface area contributed by atoms with Gasteiger partial charge >= 0.3 is 0 Å². The fourth-order valence-corrected chi connectivity index (χ4v) is 2.90. The summed E-state index contributed by atoms with van der Waals surface area (Å²) in [5, 5.41) is 4.77. The van der Waals surface area contributed by atoms with Gasteiger partial charge in [-0.1, -0.05) is 51.3 Å². The minimum absolute atomic E-state index is 0.317. The molecule has 126 valence electrons. The van der Waals surface area contributed by atoms with Crippen LogP contribution in [0.2, 0.25) is 10.0 Å². The summed E-state index contributed by atoms with van der Waals surface area (Å²) >= 11 is 15.5. The van der Waals surface area contributed by atoms with Gasteiger partial charge in [-0.05, 0) is 42.5 Å². The van der Waals surface area contributed by atoms with Gasteiger partial charge in [-0.2, -0.15) is 5.10 Å². The van der Waals surface area contributed by atoms with Crippen LogP contribution >= 0.6 is 39.1 Å². The number of carbonyl (C=O) groups excluding carboxylic acids is 1. The van der Waals surface area contributed by atoms with Crippen LogP contribution in [-0.4, -0.2) is 12.1 Å². The fraction of sp³-hybridized carbons (Fsp3) is 0. The molecule has 25 heavy (non-hydrogen) atoms. The first-order chi connectivity index (χ1) is 12.0. The number of hydrogen-bond donors (Lipinski definition) is 1. The fourth-order valence-electron chi connectivity index (χ4n) is 2.11. The van der Waals surface area contributed by atoms with Crippen LogP contribution in [0.15, 0.2) is 68.6 Å². The molecular weight excluding hydrogens is 427 g/mol. The molecule has 0 unspecified atom stereocenters. The lowest BCUT2D eigenvalue weighted by Gasteiger charge is -2.02. The van der Waals surface area contributed by atoms with Crippen LogP contribution < -0.4 is 5.43 Å². The summed E-state index contributed by atoms with van der Waals surface area (Å²) in [5.41, 5.74) is 3.63. The highest BCUT2D eigenvalue weighted by Gasteiger charge is 2.10. The molecule has 0 spiro atoms. The number of hydrazone groups is 1. The molecule has 3 rings (SSSR count). The van der Waals surface area contributed by atoms with Gasteiger partial charge in [-0.15, -0.1) is 0 Å². The molecular formula is C18H11BrCl2N2O2. The van der Waals surface area contributed by atoms with Crippen molar-refractivity contribution < 1.29 is 9.21 Å². The van der Waals surface area contributed by atoms with Crippen LogP contribution in [0.5, 0.6) is 0 Å². The molecule has 4 nitrogen and oxygen atoms in total. The molecule has 3 aromatic rings. The summed E-state index contributed by atoms with van der Waals surface area (Å²) in [4.78, 5) is 12.0. The summed E-state index contributed by atoms with van der Waals surface area (Å²) in [5.74, 6) is 0.718. The van der Waals surface area contributed by atoms with Crippen LogP contribution in [-0.2, 0) is 0 Å². The zero-order chi connectivity index (χ0) is 17.8. The van der Waals surface area contributed by atoms with Gasteiger partial charge in [-0.3, -0.25) is 4.79 Å². The van der Waals surface area contributed by atoms with E-state index in [0.29, 0.717) is 32.7 Å². The highest BCUT2D eigenvalue weighted by Crippen LogP contribution is 2.34. The maximum atomic E-state index is 12.0. The molecule has 0 atom stereocenters. The van der Waals surface area contributed by atoms with Gasteiger partial charge in [-0.25, -0.2) is 5.43 Å². The highest BCUT2D eigenvalue weighted by molar-refractivity contribution is 9.10. The third-order valence-electron chi connectivity index (χ3n) is 3.29. The van der Waals surface area contributed by atoms with Gasteiger partial charge in [0, 0.05) is 15.6 Å². The maximum absolute atomic E-state index is 12.0. The van der Waals surface area contributed by atoms with E-state index < -0.39 is 0 Å². The smallest absolute Gasteiger partial charge is 0.271 e. The monoisotopic (exact) mass is 436 g/mol. The first-order valence-electron chi connectivity index (χ1n) is 7.18. The van der Waals surface area contributed by atoms with Gasteiger partial charge in [0.15, 0.2) is 0 Å². The third kappa shape index (κ3) is 4.31. The number of furan rings is 1. The molecule has 1 amide bonds. The molecule has 0 fully saturated rings. The quantitative estimate of drug-likeness (QED) is 0.415. The van der Waals surface area contributed by atoms with E-state index in [2.05, 4.69) is 26.5 Å². The number of amides is 1. The summed E-state index contributed by atoms with van der Waals surface area (Å²) in [6, 6.07) is 15.8. The molecule has 1 N–H and O–H groups in total. The largest absolute Gasteiger partial charge is 0.455 e. The third-order valence-corrected chi connectivity index (χ3v) is 4.60. The lowest BCUT2D eigenvalue weighted by atomic mass is 10.2. The average Bonchev–Trinajstić information content (AvgIpc) is 3.06. The molecule has 0 bridgehead atoms. The standard InChI is InChI=1S/C18H11BrCl2N2O2/c19-12-4-1-3-11(9-12)18(24)23-22-10-13-7-8-16(25-13)14-5-2-6-15(20)17(14)21/h1-10H,(H,23,24). The second kappa shape index (κ2) is 7.87. The van der Waals surface area contributed by atoms with Gasteiger partial charge in [0.05, 0.1) is 16.3 Å². The van der Waals surface area contributed by atoms with Crippen LogP contribution in [0.1, 0.15) is 16.1 Å². The Morgan fingerprint density at radius 1 is 1.12 bits per heavy atom. The first kappa shape index (κ1) is 17.7. The summed E-state index contributed by atoms with van der Waals surface area (Å²) < 4.78 is 6.48. The highest BCUT2D eigenvalue weighted by atomic mass is 79.9. The van der Waals surface area contributed by atoms with Gasteiger partial charge in [0.2, 0.25) is 0 Å². The van der Waals surface area contributed by atoms with E-state index in [0.717, 1.165) is 4.47 Å². The van der Waals surface area contributed by atoms with Crippen molar-refractivity contribution >= 4 is 51.3 Å². The van der Waals surface area contributed by atoms with Gasteiger partial charge in [0.25, 0.3) is 5.91 Å². The predicted molar refractivity (Wildman–Crippen MR) is 103 cm³/mol. The number of hydrogen-bond acceptors (Lipinski definition) is 3. The lowest BCUT2D eigenvalue weighted by molar-refractivity contribution is 0.0955.